The molecule has 0 aliphatic rings. The van der Waals surface area contributed by atoms with E-state index >= 15 is 0 Å². The van der Waals surface area contributed by atoms with Gasteiger partial charge in [-0.2, -0.15) is 13.2 Å². The maximum Gasteiger partial charge on any atom is 0.416 e. The second-order valence-corrected chi connectivity index (χ2v) is 9.82. The van der Waals surface area contributed by atoms with Gasteiger partial charge >= 0.3 is 6.18 Å². The van der Waals surface area contributed by atoms with E-state index in [0.29, 0.717) is 23.3 Å². The van der Waals surface area contributed by atoms with E-state index in [1.165, 1.54) is 6.20 Å². The van der Waals surface area contributed by atoms with Crippen LogP contribution >= 0.6 is 34.2 Å². The van der Waals surface area contributed by atoms with E-state index < -0.39 is 23.1 Å². The Bertz CT molecular complexity index is 1280. The first-order valence-corrected chi connectivity index (χ1v) is 12.2. The lowest BCUT2D eigenvalue weighted by atomic mass is 9.79. The molecule has 8 heteroatoms. The Morgan fingerprint density at radius 2 is 1.51 bits per heavy atom. The Hall–Kier alpha value is -2.49. The molecule has 0 radical (unpaired) electrons. The van der Waals surface area contributed by atoms with E-state index in [0.717, 1.165) is 26.8 Å². The molecule has 0 saturated carbocycles. The van der Waals surface area contributed by atoms with Gasteiger partial charge in [0.05, 0.1) is 21.8 Å². The average Bonchev–Trinajstić information content (AvgIpc) is 2.83. The zero-order chi connectivity index (χ0) is 25.1. The number of rotatable bonds is 7. The number of nitrogens with zero attached hydrogens (tertiary/aromatic N) is 1. The Morgan fingerprint density at radius 3 is 2.14 bits per heavy atom. The highest BCUT2D eigenvalue weighted by molar-refractivity contribution is 14.1. The van der Waals surface area contributed by atoms with Crippen LogP contribution in [-0.2, 0) is 24.7 Å². The number of halogens is 6. The van der Waals surface area contributed by atoms with E-state index in [4.69, 9.17) is 11.6 Å². The number of hydrogen-bond acceptors (Lipinski definition) is 2. The van der Waals surface area contributed by atoms with Gasteiger partial charge in [0.15, 0.2) is 0 Å². The number of nitrogens with one attached hydrogen (secondary N) is 1. The molecule has 1 heterocycles. The summed E-state index contributed by atoms with van der Waals surface area (Å²) in [5.74, 6) is -0.975. The SMILES string of the molecule is Fc1cc(C(F)(F)F)cc(C(Cc2ccccc2)(NCc2ccc(I)cc2)c2ccc(Cl)cn2)c1. The molecular weight excluding hydrogens is 591 g/mol. The molecule has 0 aliphatic carbocycles. The minimum absolute atomic E-state index is 0.119. The first-order valence-electron chi connectivity index (χ1n) is 10.7. The standard InChI is InChI=1S/C27H20ClF4IN2/c28-22-8-11-25(34-17-22)26(15-18-4-2-1-3-5-18,35-16-19-6-9-24(33)10-7-19)20-12-21(27(30,31)32)14-23(29)13-20/h1-14,17,35H,15-16H2. The fourth-order valence-electron chi connectivity index (χ4n) is 3.98. The second-order valence-electron chi connectivity index (χ2n) is 8.14. The van der Waals surface area contributed by atoms with Crippen LogP contribution < -0.4 is 5.32 Å². The highest BCUT2D eigenvalue weighted by atomic mass is 127. The largest absolute Gasteiger partial charge is 0.416 e. The van der Waals surface area contributed by atoms with E-state index in [1.807, 2.05) is 54.6 Å². The van der Waals surface area contributed by atoms with E-state index in [2.05, 4.69) is 32.9 Å². The molecule has 4 aromatic rings. The molecule has 2 nitrogen and oxygen atoms in total. The van der Waals surface area contributed by atoms with E-state index in [9.17, 15) is 17.6 Å². The number of aromatic nitrogens is 1. The van der Waals surface area contributed by atoms with Crippen molar-refractivity contribution in [3.63, 3.8) is 0 Å². The van der Waals surface area contributed by atoms with Crippen LogP contribution in [0.5, 0.6) is 0 Å². The molecule has 1 unspecified atom stereocenters. The van der Waals surface area contributed by atoms with Crippen LogP contribution in [0, 0.1) is 9.39 Å². The highest BCUT2D eigenvalue weighted by Crippen LogP contribution is 2.38. The summed E-state index contributed by atoms with van der Waals surface area (Å²) in [4.78, 5) is 4.47. The van der Waals surface area contributed by atoms with Gasteiger partial charge in [-0.3, -0.25) is 10.3 Å². The number of benzene rings is 3. The zero-order valence-corrected chi connectivity index (χ0v) is 21.2. The maximum atomic E-state index is 14.6. The lowest BCUT2D eigenvalue weighted by molar-refractivity contribution is -0.137. The Balaban J connectivity index is 1.92. The first-order chi connectivity index (χ1) is 16.7. The van der Waals surface area contributed by atoms with Gasteiger partial charge in [0.2, 0.25) is 0 Å². The van der Waals surface area contributed by atoms with Crippen LogP contribution in [0.3, 0.4) is 0 Å². The molecular formula is C27H20ClF4IN2. The van der Waals surface area contributed by atoms with Gasteiger partial charge in [0, 0.05) is 22.7 Å². The monoisotopic (exact) mass is 610 g/mol. The summed E-state index contributed by atoms with van der Waals surface area (Å²) in [6.07, 6.45) is -3.04. The normalized spacial score (nSPS) is 13.4. The van der Waals surface area contributed by atoms with Crippen LogP contribution in [0.2, 0.25) is 5.02 Å². The van der Waals surface area contributed by atoms with Crippen LogP contribution in [0.15, 0.2) is 91.1 Å². The summed E-state index contributed by atoms with van der Waals surface area (Å²) in [6.45, 7) is 0.311. The topological polar surface area (TPSA) is 24.9 Å². The molecule has 0 fully saturated rings. The Labute approximate surface area is 219 Å². The summed E-state index contributed by atoms with van der Waals surface area (Å²) in [5.41, 5.74) is -0.0303. The zero-order valence-electron chi connectivity index (χ0n) is 18.3. The van der Waals surface area contributed by atoms with Crippen molar-refractivity contribution in [2.45, 2.75) is 24.7 Å². The molecule has 0 saturated heterocycles. The van der Waals surface area contributed by atoms with Gasteiger partial charge < -0.3 is 0 Å². The average molecular weight is 611 g/mol. The number of pyridine rings is 1. The number of hydrogen-bond donors (Lipinski definition) is 1. The van der Waals surface area contributed by atoms with Gasteiger partial charge in [-0.1, -0.05) is 54.1 Å². The molecule has 180 valence electrons. The van der Waals surface area contributed by atoms with Gasteiger partial charge in [-0.25, -0.2) is 4.39 Å². The molecule has 1 atom stereocenters. The summed E-state index contributed by atoms with van der Waals surface area (Å²) >= 11 is 8.27. The van der Waals surface area contributed by atoms with Crippen molar-refractivity contribution in [3.8, 4) is 0 Å². The van der Waals surface area contributed by atoms with Crippen LogP contribution in [0.25, 0.3) is 0 Å². The van der Waals surface area contributed by atoms with Gasteiger partial charge in [0.1, 0.15) is 5.82 Å². The van der Waals surface area contributed by atoms with Crippen molar-refractivity contribution >= 4 is 34.2 Å². The summed E-state index contributed by atoms with van der Waals surface area (Å²) in [7, 11) is 0. The molecule has 0 amide bonds. The molecule has 0 spiro atoms. The van der Waals surface area contributed by atoms with Crippen molar-refractivity contribution in [1.82, 2.24) is 10.3 Å². The summed E-state index contributed by atoms with van der Waals surface area (Å²) < 4.78 is 56.8. The van der Waals surface area contributed by atoms with Crippen LogP contribution in [0.4, 0.5) is 17.6 Å². The fourth-order valence-corrected chi connectivity index (χ4v) is 4.45. The maximum absolute atomic E-state index is 14.6. The van der Waals surface area contributed by atoms with Crippen molar-refractivity contribution in [1.29, 1.82) is 0 Å². The fraction of sp³-hybridized carbons (Fsp3) is 0.148. The van der Waals surface area contributed by atoms with Crippen molar-refractivity contribution in [2.75, 3.05) is 0 Å². The third-order valence-corrected chi connectivity index (χ3v) is 6.64. The lowest BCUT2D eigenvalue weighted by Crippen LogP contribution is -2.46. The Kier molecular flexibility index (Phi) is 7.78. The molecule has 3 aromatic carbocycles. The van der Waals surface area contributed by atoms with Crippen molar-refractivity contribution < 1.29 is 17.6 Å². The molecule has 1 aromatic heterocycles. The van der Waals surface area contributed by atoms with Gasteiger partial charge in [-0.05, 0) is 81.7 Å². The second kappa shape index (κ2) is 10.6. The third kappa shape index (κ3) is 6.20. The van der Waals surface area contributed by atoms with Crippen molar-refractivity contribution in [2.24, 2.45) is 0 Å². The third-order valence-electron chi connectivity index (χ3n) is 5.70. The lowest BCUT2D eigenvalue weighted by Gasteiger charge is -2.36. The minimum atomic E-state index is -4.71. The summed E-state index contributed by atoms with van der Waals surface area (Å²) in [6, 6.07) is 23.0. The molecule has 1 N–H and O–H groups in total. The minimum Gasteiger partial charge on any atom is -0.298 e. The highest BCUT2D eigenvalue weighted by Gasteiger charge is 2.39. The Morgan fingerprint density at radius 1 is 0.829 bits per heavy atom. The van der Waals surface area contributed by atoms with Crippen molar-refractivity contribution in [3.05, 3.63) is 133 Å². The van der Waals surface area contributed by atoms with Gasteiger partial charge in [0.25, 0.3) is 0 Å². The van der Waals surface area contributed by atoms with E-state index in [-0.39, 0.29) is 12.0 Å². The molecule has 35 heavy (non-hydrogen) atoms. The molecule has 0 aliphatic heterocycles. The van der Waals surface area contributed by atoms with Crippen LogP contribution in [-0.4, -0.2) is 4.98 Å². The predicted octanol–water partition coefficient (Wildman–Crippen LogP) is 7.77. The van der Waals surface area contributed by atoms with E-state index in [1.54, 1.807) is 12.1 Å². The first kappa shape index (κ1) is 25.6. The van der Waals surface area contributed by atoms with Gasteiger partial charge in [-0.15, -0.1) is 0 Å². The molecule has 0 bridgehead atoms. The number of alkyl halides is 3. The quantitative estimate of drug-likeness (QED) is 0.171. The predicted molar refractivity (Wildman–Crippen MR) is 138 cm³/mol. The van der Waals surface area contributed by atoms with Crippen LogP contribution in [0.1, 0.15) is 27.9 Å². The summed E-state index contributed by atoms with van der Waals surface area (Å²) in [5, 5.41) is 3.82. The molecule has 4 rings (SSSR count). The smallest absolute Gasteiger partial charge is 0.298 e.